The normalized spacial score (nSPS) is 14.0. The number of piperidine rings is 1. The van der Waals surface area contributed by atoms with Crippen molar-refractivity contribution in [2.45, 2.75) is 45.2 Å². The Bertz CT molecular complexity index is 1620. The monoisotopic (exact) mass is 603 g/mol. The second-order valence-corrected chi connectivity index (χ2v) is 11.4. The number of nitrogens with one attached hydrogen (secondary N) is 1. The lowest BCUT2D eigenvalue weighted by molar-refractivity contribution is 0.0692. The van der Waals surface area contributed by atoms with E-state index in [2.05, 4.69) is 20.3 Å². The zero-order valence-corrected chi connectivity index (χ0v) is 25.1. The molecule has 232 valence electrons. The lowest BCUT2D eigenvalue weighted by Crippen LogP contribution is -2.44. The first-order chi connectivity index (χ1) is 21.1. The summed E-state index contributed by atoms with van der Waals surface area (Å²) in [5.74, 6) is -1.64. The van der Waals surface area contributed by atoms with Crippen molar-refractivity contribution >= 4 is 23.3 Å². The number of anilines is 3. The minimum atomic E-state index is -1.23. The van der Waals surface area contributed by atoms with Gasteiger partial charge in [0.05, 0.1) is 24.2 Å². The number of aromatic hydroxyl groups is 1. The molecule has 44 heavy (non-hydrogen) atoms. The number of carbonyl (C=O) groups is 1. The Labute approximate surface area is 255 Å². The van der Waals surface area contributed by atoms with Crippen LogP contribution in [-0.4, -0.2) is 85.3 Å². The Morgan fingerprint density at radius 3 is 2.59 bits per heavy atom. The van der Waals surface area contributed by atoms with Gasteiger partial charge in [-0.05, 0) is 63.6 Å². The first kappa shape index (κ1) is 30.9. The summed E-state index contributed by atoms with van der Waals surface area (Å²) in [6, 6.07) is 10.1. The third-order valence-corrected chi connectivity index (χ3v) is 8.08. The molecule has 4 N–H and O–H groups in total. The molecule has 1 aliphatic heterocycles. The van der Waals surface area contributed by atoms with Gasteiger partial charge in [-0.3, -0.25) is 4.68 Å². The average molecular weight is 604 g/mol. The predicted octanol–water partition coefficient (Wildman–Crippen LogP) is 4.69. The number of halogens is 1. The Kier molecular flexibility index (Phi) is 9.40. The molecular formula is C32H38FN7O4. The van der Waals surface area contributed by atoms with Crippen LogP contribution in [0, 0.1) is 5.82 Å². The number of rotatable bonds is 11. The van der Waals surface area contributed by atoms with Crippen molar-refractivity contribution < 1.29 is 24.5 Å². The molecule has 0 amide bonds. The van der Waals surface area contributed by atoms with Gasteiger partial charge in [-0.1, -0.05) is 12.1 Å². The molecule has 0 aliphatic carbocycles. The molecule has 2 aromatic heterocycles. The van der Waals surface area contributed by atoms with E-state index in [1.807, 2.05) is 32.0 Å². The number of hydrogen-bond acceptors (Lipinski definition) is 9. The number of likely N-dealkylation sites (N-methyl/N-ethyl adjacent to an activating group) is 1. The maximum atomic E-state index is 15.3. The first-order valence-corrected chi connectivity index (χ1v) is 14.7. The largest absolute Gasteiger partial charge is 0.507 e. The van der Waals surface area contributed by atoms with Gasteiger partial charge in [0.25, 0.3) is 0 Å². The number of carboxylic acid groups (broad SMARTS) is 1. The van der Waals surface area contributed by atoms with Gasteiger partial charge >= 0.3 is 5.97 Å². The van der Waals surface area contributed by atoms with E-state index >= 15 is 4.39 Å². The smallest absolute Gasteiger partial charge is 0.339 e. The molecule has 0 atom stereocenters. The van der Waals surface area contributed by atoms with Crippen LogP contribution in [0.25, 0.3) is 11.3 Å². The fourth-order valence-corrected chi connectivity index (χ4v) is 5.63. The molecule has 0 radical (unpaired) electrons. The summed E-state index contributed by atoms with van der Waals surface area (Å²) in [5.41, 5.74) is 3.17. The van der Waals surface area contributed by atoms with Gasteiger partial charge in [-0.2, -0.15) is 5.10 Å². The number of aromatic carboxylic acids is 1. The SMILES string of the molecule is CC(C)n1cc(-c2nc(Nc3ccc(N4CCC(N(C)CCO)CC4)c(F)c3)ncc2Cc2cccc(O)c2C(=O)O)cn1. The Hall–Kier alpha value is -4.55. The number of nitrogens with zero attached hydrogens (tertiary/aromatic N) is 6. The molecule has 3 heterocycles. The first-order valence-electron chi connectivity index (χ1n) is 14.7. The highest BCUT2D eigenvalue weighted by molar-refractivity contribution is 5.92. The van der Waals surface area contributed by atoms with Crippen LogP contribution in [0.2, 0.25) is 0 Å². The maximum absolute atomic E-state index is 15.3. The van der Waals surface area contributed by atoms with E-state index in [1.54, 1.807) is 41.3 Å². The Morgan fingerprint density at radius 2 is 1.93 bits per heavy atom. The van der Waals surface area contributed by atoms with Gasteiger partial charge in [0, 0.05) is 67.3 Å². The van der Waals surface area contributed by atoms with Gasteiger partial charge in [0.15, 0.2) is 0 Å². The molecule has 0 bridgehead atoms. The summed E-state index contributed by atoms with van der Waals surface area (Å²) >= 11 is 0. The molecule has 1 fully saturated rings. The molecular weight excluding hydrogens is 565 g/mol. The van der Waals surface area contributed by atoms with Crippen LogP contribution >= 0.6 is 0 Å². The molecule has 1 aliphatic rings. The topological polar surface area (TPSA) is 140 Å². The number of benzene rings is 2. The standard InChI is InChI=1S/C32H38FN7O4/c1-20(2)40-19-23(18-35-40)30-22(15-21-5-4-6-28(42)29(21)31(43)44)17-34-32(37-30)36-24-7-8-27(26(33)16-24)39-11-9-25(10-12-39)38(3)13-14-41/h4-8,16-20,25,41-42H,9-15H2,1-3H3,(H,43,44)(H,34,36,37). The van der Waals surface area contributed by atoms with Gasteiger partial charge in [-0.25, -0.2) is 19.2 Å². The van der Waals surface area contributed by atoms with Crippen molar-refractivity contribution in [1.29, 1.82) is 0 Å². The van der Waals surface area contributed by atoms with Gasteiger partial charge in [-0.15, -0.1) is 0 Å². The molecule has 0 spiro atoms. The van der Waals surface area contributed by atoms with Crippen molar-refractivity contribution in [3.63, 3.8) is 0 Å². The van der Waals surface area contributed by atoms with Crippen LogP contribution < -0.4 is 10.2 Å². The fraction of sp³-hybridized carbons (Fsp3) is 0.375. The van der Waals surface area contributed by atoms with Crippen molar-refractivity contribution in [2.75, 3.05) is 43.5 Å². The highest BCUT2D eigenvalue weighted by Gasteiger charge is 2.24. The lowest BCUT2D eigenvalue weighted by Gasteiger charge is -2.37. The highest BCUT2D eigenvalue weighted by Crippen LogP contribution is 2.31. The lowest BCUT2D eigenvalue weighted by atomic mass is 9.97. The summed E-state index contributed by atoms with van der Waals surface area (Å²) < 4.78 is 17.1. The van der Waals surface area contributed by atoms with Gasteiger partial charge < -0.3 is 30.4 Å². The summed E-state index contributed by atoms with van der Waals surface area (Å²) in [5, 5.41) is 36.7. The number of hydrogen-bond donors (Lipinski definition) is 4. The summed E-state index contributed by atoms with van der Waals surface area (Å²) in [7, 11) is 2.01. The van der Waals surface area contributed by atoms with Crippen LogP contribution in [0.1, 0.15) is 54.2 Å². The fourth-order valence-electron chi connectivity index (χ4n) is 5.63. The zero-order chi connectivity index (χ0) is 31.4. The van der Waals surface area contributed by atoms with Crippen molar-refractivity contribution in [1.82, 2.24) is 24.6 Å². The highest BCUT2D eigenvalue weighted by atomic mass is 19.1. The average Bonchev–Trinajstić information content (AvgIpc) is 3.49. The van der Waals surface area contributed by atoms with Gasteiger partial charge in [0.2, 0.25) is 5.95 Å². The molecule has 0 saturated carbocycles. The minimum Gasteiger partial charge on any atom is -0.507 e. The summed E-state index contributed by atoms with van der Waals surface area (Å²) in [6.45, 7) is 6.22. The van der Waals surface area contributed by atoms with Gasteiger partial charge in [0.1, 0.15) is 17.1 Å². The second kappa shape index (κ2) is 13.4. The molecule has 12 heteroatoms. The minimum absolute atomic E-state index is 0.116. The van der Waals surface area contributed by atoms with E-state index in [4.69, 9.17) is 4.98 Å². The van der Waals surface area contributed by atoms with Crippen molar-refractivity contribution in [3.8, 4) is 17.0 Å². The number of aliphatic hydroxyl groups is 1. The van der Waals surface area contributed by atoms with Crippen molar-refractivity contribution in [2.24, 2.45) is 0 Å². The van der Waals surface area contributed by atoms with E-state index in [1.165, 1.54) is 12.1 Å². The zero-order valence-electron chi connectivity index (χ0n) is 25.1. The number of carboxylic acids is 1. The van der Waals surface area contributed by atoms with E-state index in [-0.39, 0.29) is 42.1 Å². The summed E-state index contributed by atoms with van der Waals surface area (Å²) in [4.78, 5) is 25.3. The summed E-state index contributed by atoms with van der Waals surface area (Å²) in [6.07, 6.45) is 7.10. The Balaban J connectivity index is 1.39. The van der Waals surface area contributed by atoms with Crippen LogP contribution in [0.15, 0.2) is 55.0 Å². The van der Waals surface area contributed by atoms with Crippen LogP contribution in [0.4, 0.5) is 21.7 Å². The van der Waals surface area contributed by atoms with E-state index in [9.17, 15) is 20.1 Å². The molecule has 5 rings (SSSR count). The van der Waals surface area contributed by atoms with Crippen LogP contribution in [-0.2, 0) is 6.42 Å². The maximum Gasteiger partial charge on any atom is 0.339 e. The third-order valence-electron chi connectivity index (χ3n) is 8.08. The molecule has 11 nitrogen and oxygen atoms in total. The molecule has 2 aromatic carbocycles. The number of aliphatic hydroxyl groups excluding tert-OH is 1. The quantitative estimate of drug-likeness (QED) is 0.191. The number of aromatic nitrogens is 4. The van der Waals surface area contributed by atoms with E-state index in [0.717, 1.165) is 25.9 Å². The van der Waals surface area contributed by atoms with Crippen LogP contribution in [0.5, 0.6) is 5.75 Å². The van der Waals surface area contributed by atoms with Crippen molar-refractivity contribution in [3.05, 3.63) is 77.5 Å². The Morgan fingerprint density at radius 1 is 1.16 bits per heavy atom. The molecule has 0 unspecified atom stereocenters. The molecule has 1 saturated heterocycles. The third kappa shape index (κ3) is 6.81. The van der Waals surface area contributed by atoms with Crippen LogP contribution in [0.3, 0.4) is 0 Å². The predicted molar refractivity (Wildman–Crippen MR) is 166 cm³/mol. The van der Waals surface area contributed by atoms with E-state index < -0.39 is 5.97 Å². The van der Waals surface area contributed by atoms with E-state index in [0.29, 0.717) is 46.3 Å². The molecule has 4 aromatic rings. The number of phenols is 1. The second-order valence-electron chi connectivity index (χ2n) is 11.4.